The van der Waals surface area contributed by atoms with Gasteiger partial charge in [0.05, 0.1) is 16.5 Å². The number of aliphatic hydroxyl groups excluding tert-OH is 1. The number of fused-ring (bicyclic) bond motifs is 4. The second-order valence-electron chi connectivity index (χ2n) is 9.41. The number of rotatable bonds is 3. The zero-order valence-electron chi connectivity index (χ0n) is 19.4. The highest BCUT2D eigenvalue weighted by molar-refractivity contribution is 6.33. The van der Waals surface area contributed by atoms with E-state index < -0.39 is 5.60 Å². The molecule has 5 aromatic rings. The highest BCUT2D eigenvalue weighted by Gasteiger charge is 2.48. The van der Waals surface area contributed by atoms with Crippen LogP contribution in [0.3, 0.4) is 0 Å². The average molecular weight is 502 g/mol. The first-order valence-electron chi connectivity index (χ1n) is 11.9. The van der Waals surface area contributed by atoms with Gasteiger partial charge in [-0.15, -0.1) is 0 Å². The molecule has 0 bridgehead atoms. The van der Waals surface area contributed by atoms with E-state index in [-0.39, 0.29) is 12.8 Å². The van der Waals surface area contributed by atoms with Gasteiger partial charge in [-0.25, -0.2) is 4.98 Å². The first kappa shape index (κ1) is 21.6. The maximum Gasteiger partial charge on any atom is 0.213 e. The van der Waals surface area contributed by atoms with E-state index in [1.54, 1.807) is 23.2 Å². The average Bonchev–Trinajstić information content (AvgIpc) is 3.60. The zero-order chi connectivity index (χ0) is 24.4. The monoisotopic (exact) mass is 501 g/mol. The van der Waals surface area contributed by atoms with Crippen LogP contribution in [-0.2, 0) is 6.73 Å². The lowest BCUT2D eigenvalue weighted by Crippen LogP contribution is -2.52. The summed E-state index contributed by atoms with van der Waals surface area (Å²) in [4.78, 5) is 16.1. The molecule has 1 atom stereocenters. The molecule has 9 nitrogen and oxygen atoms in total. The van der Waals surface area contributed by atoms with Gasteiger partial charge in [0.15, 0.2) is 5.65 Å². The Morgan fingerprint density at radius 3 is 2.72 bits per heavy atom. The molecule has 10 heteroatoms. The highest BCUT2D eigenvalue weighted by Crippen LogP contribution is 2.47. The number of hydrogen-bond donors (Lipinski definition) is 2. The summed E-state index contributed by atoms with van der Waals surface area (Å²) in [6.45, 7) is 1.25. The number of para-hydroxylation sites is 1. The van der Waals surface area contributed by atoms with Crippen LogP contribution in [0.5, 0.6) is 5.75 Å². The lowest BCUT2D eigenvalue weighted by Gasteiger charge is -2.41. The number of pyridine rings is 1. The Morgan fingerprint density at radius 1 is 1.11 bits per heavy atom. The summed E-state index contributed by atoms with van der Waals surface area (Å²) >= 11 is 6.48. The van der Waals surface area contributed by atoms with Gasteiger partial charge in [0.2, 0.25) is 5.95 Å². The normalized spacial score (nSPS) is 18.8. The summed E-state index contributed by atoms with van der Waals surface area (Å²) in [6.07, 6.45) is 10.4. The van der Waals surface area contributed by atoms with Crippen molar-refractivity contribution in [1.29, 1.82) is 0 Å². The van der Waals surface area contributed by atoms with E-state index >= 15 is 0 Å². The Balaban J connectivity index is 1.30. The molecule has 36 heavy (non-hydrogen) atoms. The molecule has 0 saturated carbocycles. The smallest absolute Gasteiger partial charge is 0.213 e. The fourth-order valence-corrected chi connectivity index (χ4v) is 5.93. The lowest BCUT2D eigenvalue weighted by molar-refractivity contribution is 0.0429. The van der Waals surface area contributed by atoms with Crippen LogP contribution in [0.1, 0.15) is 24.4 Å². The minimum absolute atomic E-state index is 0.154. The molecule has 0 aliphatic carbocycles. The predicted octanol–water partition coefficient (Wildman–Crippen LogP) is 3.78. The molecule has 1 spiro atoms. The quantitative estimate of drug-likeness (QED) is 0.387. The molecule has 182 valence electrons. The number of halogens is 1. The SMILES string of the molecule is N[C@@H]1c2ccccc2OC12CCN(c1nc3c(c(-c4ccncc4Cl)cn3CO)c3nccn13)CC2. The summed E-state index contributed by atoms with van der Waals surface area (Å²) in [5.41, 5.74) is 10.4. The van der Waals surface area contributed by atoms with Gasteiger partial charge in [0.1, 0.15) is 23.7 Å². The molecule has 0 radical (unpaired) electrons. The van der Waals surface area contributed by atoms with E-state index in [1.165, 1.54) is 0 Å². The molecular formula is C26H24ClN7O2. The van der Waals surface area contributed by atoms with Crippen LogP contribution >= 0.6 is 11.6 Å². The van der Waals surface area contributed by atoms with Crippen LogP contribution in [0, 0.1) is 0 Å². The first-order valence-corrected chi connectivity index (χ1v) is 12.3. The van der Waals surface area contributed by atoms with Crippen molar-refractivity contribution in [1.82, 2.24) is 23.9 Å². The molecule has 3 N–H and O–H groups in total. The largest absolute Gasteiger partial charge is 0.485 e. The van der Waals surface area contributed by atoms with Crippen LogP contribution < -0.4 is 15.4 Å². The molecule has 0 unspecified atom stereocenters. The summed E-state index contributed by atoms with van der Waals surface area (Å²) in [5.74, 6) is 1.66. The molecule has 7 rings (SSSR count). The van der Waals surface area contributed by atoms with Crippen molar-refractivity contribution in [3.63, 3.8) is 0 Å². The highest BCUT2D eigenvalue weighted by atomic mass is 35.5. The van der Waals surface area contributed by atoms with E-state index in [4.69, 9.17) is 27.1 Å². The Hall–Kier alpha value is -3.66. The number of aliphatic hydroxyl groups is 1. The number of nitrogens with zero attached hydrogens (tertiary/aromatic N) is 6. The minimum Gasteiger partial charge on any atom is -0.485 e. The summed E-state index contributed by atoms with van der Waals surface area (Å²) in [5, 5.41) is 11.5. The summed E-state index contributed by atoms with van der Waals surface area (Å²) < 4.78 is 10.2. The fraction of sp³-hybridized carbons (Fsp3) is 0.269. The maximum absolute atomic E-state index is 10.1. The number of hydrogen-bond acceptors (Lipinski definition) is 7. The second-order valence-corrected chi connectivity index (χ2v) is 9.82. The van der Waals surface area contributed by atoms with E-state index in [2.05, 4.69) is 20.9 Å². The van der Waals surface area contributed by atoms with Gasteiger partial charge >= 0.3 is 0 Å². The molecule has 1 aromatic carbocycles. The van der Waals surface area contributed by atoms with Gasteiger partial charge in [-0.1, -0.05) is 29.8 Å². The lowest BCUT2D eigenvalue weighted by atomic mass is 9.83. The van der Waals surface area contributed by atoms with Crippen molar-refractivity contribution in [3.8, 4) is 16.9 Å². The third-order valence-corrected chi connectivity index (χ3v) is 7.88. The number of benzene rings is 1. The second kappa shape index (κ2) is 7.92. The summed E-state index contributed by atoms with van der Waals surface area (Å²) in [7, 11) is 0. The van der Waals surface area contributed by atoms with Crippen molar-refractivity contribution < 1.29 is 9.84 Å². The van der Waals surface area contributed by atoms with Crippen molar-refractivity contribution in [2.24, 2.45) is 5.73 Å². The third kappa shape index (κ3) is 3.00. The van der Waals surface area contributed by atoms with Gasteiger partial charge in [0, 0.05) is 73.6 Å². The van der Waals surface area contributed by atoms with Crippen LogP contribution in [0.25, 0.3) is 27.8 Å². The third-order valence-electron chi connectivity index (χ3n) is 7.58. The van der Waals surface area contributed by atoms with Gasteiger partial charge in [-0.05, 0) is 12.1 Å². The molecule has 0 amide bonds. The maximum atomic E-state index is 10.1. The van der Waals surface area contributed by atoms with Crippen LogP contribution in [0.2, 0.25) is 5.02 Å². The summed E-state index contributed by atoms with van der Waals surface area (Å²) in [6, 6.07) is 9.75. The molecule has 1 fully saturated rings. The number of anilines is 1. The minimum atomic E-state index is -0.408. The van der Waals surface area contributed by atoms with Crippen LogP contribution in [0.4, 0.5) is 5.95 Å². The molecule has 6 heterocycles. The van der Waals surface area contributed by atoms with Gasteiger partial charge in [0.25, 0.3) is 0 Å². The van der Waals surface area contributed by atoms with E-state index in [1.807, 2.05) is 41.1 Å². The van der Waals surface area contributed by atoms with E-state index in [9.17, 15) is 5.11 Å². The number of imidazole rings is 1. The number of ether oxygens (including phenoxy) is 1. The molecule has 4 aromatic heterocycles. The van der Waals surface area contributed by atoms with Gasteiger partial charge < -0.3 is 25.0 Å². The number of aromatic nitrogens is 5. The van der Waals surface area contributed by atoms with Crippen LogP contribution in [0.15, 0.2) is 61.3 Å². The van der Waals surface area contributed by atoms with Crippen molar-refractivity contribution >= 4 is 34.2 Å². The Kier molecular flexibility index (Phi) is 4.76. The molecule has 2 aliphatic heterocycles. The van der Waals surface area contributed by atoms with E-state index in [0.717, 1.165) is 65.4 Å². The standard InChI is InChI=1S/C26H24ClN7O2/c27-19-13-29-8-5-16(19)18-14-33(15-35)24-21(18)23-30-9-12-34(23)25(31-24)32-10-6-26(7-11-32)22(28)17-3-1-2-4-20(17)36-26/h1-5,8-9,12-14,22,35H,6-7,10-11,15,28H2/t22-/m1/s1. The van der Waals surface area contributed by atoms with E-state index in [0.29, 0.717) is 10.7 Å². The van der Waals surface area contributed by atoms with Crippen molar-refractivity contribution in [3.05, 3.63) is 71.9 Å². The molecule has 1 saturated heterocycles. The fourth-order valence-electron chi connectivity index (χ4n) is 5.71. The van der Waals surface area contributed by atoms with Gasteiger partial charge in [-0.3, -0.25) is 9.38 Å². The van der Waals surface area contributed by atoms with Gasteiger partial charge in [-0.2, -0.15) is 4.98 Å². The molecular weight excluding hydrogens is 478 g/mol. The topological polar surface area (TPSA) is 107 Å². The van der Waals surface area contributed by atoms with Crippen molar-refractivity contribution in [2.75, 3.05) is 18.0 Å². The van der Waals surface area contributed by atoms with Crippen molar-refractivity contribution in [2.45, 2.75) is 31.2 Å². The Bertz CT molecular complexity index is 1620. The Labute approximate surface area is 211 Å². The predicted molar refractivity (Wildman–Crippen MR) is 137 cm³/mol. The first-order chi connectivity index (χ1) is 17.6. The Morgan fingerprint density at radius 2 is 1.94 bits per heavy atom. The molecule has 2 aliphatic rings. The van der Waals surface area contributed by atoms with Crippen LogP contribution in [-0.4, -0.2) is 47.7 Å². The number of piperidine rings is 1. The number of nitrogens with two attached hydrogens (primary N) is 1. The zero-order valence-corrected chi connectivity index (χ0v) is 20.1.